The van der Waals surface area contributed by atoms with E-state index in [4.69, 9.17) is 0 Å². The van der Waals surface area contributed by atoms with Gasteiger partial charge >= 0.3 is 0 Å². The molecular weight excluding hydrogens is 188 g/mol. The normalized spacial score (nSPS) is 14.2. The summed E-state index contributed by atoms with van der Waals surface area (Å²) in [5.74, 6) is 0.351. The summed E-state index contributed by atoms with van der Waals surface area (Å²) in [6, 6.07) is 0. The van der Waals surface area contributed by atoms with Crippen molar-refractivity contribution in [1.82, 2.24) is 9.80 Å². The maximum Gasteiger partial charge on any atom is 0.0689 e. The largest absolute Gasteiger partial charge is 0.392 e. The van der Waals surface area contributed by atoms with Crippen molar-refractivity contribution in [3.8, 4) is 0 Å². The van der Waals surface area contributed by atoms with Crippen LogP contribution >= 0.6 is 0 Å². The Bertz CT molecular complexity index is 149. The lowest BCUT2D eigenvalue weighted by atomic mass is 10.1. The van der Waals surface area contributed by atoms with Gasteiger partial charge in [-0.3, -0.25) is 4.90 Å². The Labute approximate surface area is 95.1 Å². The predicted octanol–water partition coefficient (Wildman–Crippen LogP) is 1.28. The lowest BCUT2D eigenvalue weighted by Gasteiger charge is -2.27. The number of rotatable bonds is 8. The van der Waals surface area contributed by atoms with E-state index in [1.54, 1.807) is 0 Å². The molecule has 0 heterocycles. The SMILES string of the molecule is CCCN(CCN(C)C)CC(O)C(C)C. The highest BCUT2D eigenvalue weighted by Gasteiger charge is 2.14. The number of hydrogen-bond acceptors (Lipinski definition) is 3. The topological polar surface area (TPSA) is 26.7 Å². The van der Waals surface area contributed by atoms with Gasteiger partial charge in [-0.05, 0) is 33.0 Å². The summed E-state index contributed by atoms with van der Waals surface area (Å²) in [6.07, 6.45) is 0.955. The monoisotopic (exact) mass is 216 g/mol. The smallest absolute Gasteiger partial charge is 0.0689 e. The first-order chi connectivity index (χ1) is 6.97. The number of nitrogens with zero attached hydrogens (tertiary/aromatic N) is 2. The molecule has 1 N–H and O–H groups in total. The third kappa shape index (κ3) is 7.77. The zero-order valence-corrected chi connectivity index (χ0v) is 11.0. The lowest BCUT2D eigenvalue weighted by Crippen LogP contribution is -2.39. The van der Waals surface area contributed by atoms with Crippen molar-refractivity contribution in [2.45, 2.75) is 33.3 Å². The van der Waals surface area contributed by atoms with E-state index in [1.807, 2.05) is 0 Å². The number of aliphatic hydroxyl groups is 1. The van der Waals surface area contributed by atoms with E-state index in [-0.39, 0.29) is 6.10 Å². The second-order valence-corrected chi connectivity index (χ2v) is 4.92. The molecule has 0 amide bonds. The van der Waals surface area contributed by atoms with E-state index < -0.39 is 0 Å². The molecule has 15 heavy (non-hydrogen) atoms. The number of likely N-dealkylation sites (N-methyl/N-ethyl adjacent to an activating group) is 1. The highest BCUT2D eigenvalue weighted by atomic mass is 16.3. The van der Waals surface area contributed by atoms with E-state index in [9.17, 15) is 5.11 Å². The molecule has 0 aromatic heterocycles. The molecule has 0 saturated heterocycles. The molecule has 0 rings (SSSR count). The maximum absolute atomic E-state index is 9.83. The molecule has 0 aliphatic carbocycles. The van der Waals surface area contributed by atoms with Crippen LogP contribution in [0.4, 0.5) is 0 Å². The Hall–Kier alpha value is -0.120. The van der Waals surface area contributed by atoms with Gasteiger partial charge in [0, 0.05) is 19.6 Å². The van der Waals surface area contributed by atoms with E-state index in [2.05, 4.69) is 44.7 Å². The molecule has 3 nitrogen and oxygen atoms in total. The second kappa shape index (κ2) is 8.08. The summed E-state index contributed by atoms with van der Waals surface area (Å²) in [7, 11) is 4.17. The Morgan fingerprint density at radius 1 is 1.07 bits per heavy atom. The van der Waals surface area contributed by atoms with Crippen molar-refractivity contribution in [2.24, 2.45) is 5.92 Å². The van der Waals surface area contributed by atoms with Crippen molar-refractivity contribution >= 4 is 0 Å². The molecule has 0 aliphatic heterocycles. The molecule has 3 heteroatoms. The standard InChI is InChI=1S/C12H28N2O/c1-6-7-14(9-8-13(4)5)10-12(15)11(2)3/h11-12,15H,6-10H2,1-5H3. The zero-order chi connectivity index (χ0) is 11.8. The second-order valence-electron chi connectivity index (χ2n) is 4.92. The van der Waals surface area contributed by atoms with Crippen LogP contribution in [0.1, 0.15) is 27.2 Å². The van der Waals surface area contributed by atoms with Crippen LogP contribution in [-0.2, 0) is 0 Å². The van der Waals surface area contributed by atoms with E-state index >= 15 is 0 Å². The van der Waals surface area contributed by atoms with Gasteiger partial charge in [0.05, 0.1) is 6.10 Å². The average molecular weight is 216 g/mol. The highest BCUT2D eigenvalue weighted by Crippen LogP contribution is 2.04. The fraction of sp³-hybridized carbons (Fsp3) is 1.00. The zero-order valence-electron chi connectivity index (χ0n) is 11.0. The fourth-order valence-electron chi connectivity index (χ4n) is 1.43. The van der Waals surface area contributed by atoms with Crippen LogP contribution < -0.4 is 0 Å². The predicted molar refractivity (Wildman–Crippen MR) is 66.1 cm³/mol. The van der Waals surface area contributed by atoms with Gasteiger partial charge in [-0.15, -0.1) is 0 Å². The summed E-state index contributed by atoms with van der Waals surface area (Å²) < 4.78 is 0. The first kappa shape index (κ1) is 14.9. The van der Waals surface area contributed by atoms with Crippen LogP contribution in [0.3, 0.4) is 0 Å². The lowest BCUT2D eigenvalue weighted by molar-refractivity contribution is 0.0735. The fourth-order valence-corrected chi connectivity index (χ4v) is 1.43. The molecule has 0 saturated carbocycles. The van der Waals surface area contributed by atoms with Gasteiger partial charge in [0.1, 0.15) is 0 Å². The van der Waals surface area contributed by atoms with Crippen molar-refractivity contribution < 1.29 is 5.11 Å². The van der Waals surface area contributed by atoms with Gasteiger partial charge in [0.25, 0.3) is 0 Å². The van der Waals surface area contributed by atoms with Gasteiger partial charge in [-0.25, -0.2) is 0 Å². The Kier molecular flexibility index (Phi) is 8.02. The summed E-state index contributed by atoms with van der Waals surface area (Å²) >= 11 is 0. The van der Waals surface area contributed by atoms with E-state index in [1.165, 1.54) is 0 Å². The molecule has 1 atom stereocenters. The van der Waals surface area contributed by atoms with Crippen LogP contribution in [0.15, 0.2) is 0 Å². The van der Waals surface area contributed by atoms with Crippen molar-refractivity contribution in [1.29, 1.82) is 0 Å². The molecule has 92 valence electrons. The van der Waals surface area contributed by atoms with E-state index in [0.29, 0.717) is 5.92 Å². The molecule has 0 radical (unpaired) electrons. The first-order valence-electron chi connectivity index (χ1n) is 6.02. The van der Waals surface area contributed by atoms with Gasteiger partial charge in [0.2, 0.25) is 0 Å². The molecular formula is C12H28N2O. The Balaban J connectivity index is 3.91. The average Bonchev–Trinajstić information content (AvgIpc) is 2.14. The van der Waals surface area contributed by atoms with Gasteiger partial charge < -0.3 is 10.0 Å². The molecule has 0 aliphatic rings. The van der Waals surface area contributed by atoms with Crippen LogP contribution in [0.2, 0.25) is 0 Å². The van der Waals surface area contributed by atoms with Crippen LogP contribution in [-0.4, -0.2) is 61.3 Å². The minimum atomic E-state index is -0.196. The summed E-state index contributed by atoms with van der Waals surface area (Å²) in [5.41, 5.74) is 0. The Morgan fingerprint density at radius 2 is 1.67 bits per heavy atom. The first-order valence-corrected chi connectivity index (χ1v) is 6.02. The van der Waals surface area contributed by atoms with E-state index in [0.717, 1.165) is 32.6 Å². The van der Waals surface area contributed by atoms with Gasteiger partial charge in [-0.1, -0.05) is 20.8 Å². The minimum absolute atomic E-state index is 0.196. The molecule has 1 unspecified atom stereocenters. The van der Waals surface area contributed by atoms with Crippen LogP contribution in [0.25, 0.3) is 0 Å². The van der Waals surface area contributed by atoms with Crippen molar-refractivity contribution in [3.63, 3.8) is 0 Å². The maximum atomic E-state index is 9.83. The van der Waals surface area contributed by atoms with Gasteiger partial charge in [-0.2, -0.15) is 0 Å². The molecule has 0 aromatic rings. The van der Waals surface area contributed by atoms with Crippen molar-refractivity contribution in [3.05, 3.63) is 0 Å². The molecule has 0 fully saturated rings. The number of aliphatic hydroxyl groups excluding tert-OH is 1. The van der Waals surface area contributed by atoms with Crippen molar-refractivity contribution in [2.75, 3.05) is 40.3 Å². The Morgan fingerprint density at radius 3 is 2.07 bits per heavy atom. The third-order valence-electron chi connectivity index (χ3n) is 2.62. The van der Waals surface area contributed by atoms with Crippen LogP contribution in [0, 0.1) is 5.92 Å². The molecule has 0 aromatic carbocycles. The summed E-state index contributed by atoms with van der Waals surface area (Å²) in [6.45, 7) is 10.3. The van der Waals surface area contributed by atoms with Gasteiger partial charge in [0.15, 0.2) is 0 Å². The summed E-state index contributed by atoms with van der Waals surface area (Å²) in [5, 5.41) is 9.83. The molecule has 0 bridgehead atoms. The molecule has 0 spiro atoms. The third-order valence-corrected chi connectivity index (χ3v) is 2.62. The quantitative estimate of drug-likeness (QED) is 0.662. The minimum Gasteiger partial charge on any atom is -0.392 e. The summed E-state index contributed by atoms with van der Waals surface area (Å²) in [4.78, 5) is 4.54. The number of hydrogen-bond donors (Lipinski definition) is 1. The van der Waals surface area contributed by atoms with Crippen LogP contribution in [0.5, 0.6) is 0 Å². The highest BCUT2D eigenvalue weighted by molar-refractivity contribution is 4.68.